The molecule has 0 amide bonds. The molecule has 4 nitrogen and oxygen atoms in total. The number of aromatic nitrogens is 1. The zero-order chi connectivity index (χ0) is 13.0. The Hall–Kier alpha value is -0.650. The summed E-state index contributed by atoms with van der Waals surface area (Å²) in [7, 11) is 0. The molecule has 1 saturated heterocycles. The molecular weight excluding hydrogens is 294 g/mol. The number of nitrogens with zero attached hydrogens (tertiary/aromatic N) is 3. The van der Waals surface area contributed by atoms with Crippen LogP contribution in [0.2, 0.25) is 0 Å². The summed E-state index contributed by atoms with van der Waals surface area (Å²) >= 11 is 3.48. The van der Waals surface area contributed by atoms with Crippen molar-refractivity contribution in [2.24, 2.45) is 0 Å². The fraction of sp³-hybridized carbons (Fsp3) is 0.615. The van der Waals surface area contributed by atoms with E-state index >= 15 is 0 Å². The van der Waals surface area contributed by atoms with Crippen molar-refractivity contribution in [1.29, 1.82) is 0 Å². The first-order chi connectivity index (χ1) is 8.70. The van der Waals surface area contributed by atoms with E-state index < -0.39 is 0 Å². The van der Waals surface area contributed by atoms with Gasteiger partial charge in [0.2, 0.25) is 0 Å². The Morgan fingerprint density at radius 1 is 1.28 bits per heavy atom. The second kappa shape index (κ2) is 6.50. The van der Waals surface area contributed by atoms with Gasteiger partial charge in [-0.15, -0.1) is 0 Å². The summed E-state index contributed by atoms with van der Waals surface area (Å²) < 4.78 is 1.06. The van der Waals surface area contributed by atoms with Gasteiger partial charge in [-0.05, 0) is 48.0 Å². The quantitative estimate of drug-likeness (QED) is 0.921. The van der Waals surface area contributed by atoms with E-state index in [-0.39, 0.29) is 6.61 Å². The molecule has 2 heterocycles. The molecule has 2 rings (SSSR count). The molecule has 1 N–H and O–H groups in total. The number of β-amino-alcohol motifs (C(OH)–C–C–N with tert-alkyl or cyclic N) is 1. The van der Waals surface area contributed by atoms with Gasteiger partial charge in [-0.25, -0.2) is 4.98 Å². The van der Waals surface area contributed by atoms with Crippen molar-refractivity contribution in [3.63, 3.8) is 0 Å². The van der Waals surface area contributed by atoms with E-state index in [1.54, 1.807) is 0 Å². The van der Waals surface area contributed by atoms with Crippen molar-refractivity contribution in [2.45, 2.75) is 13.3 Å². The molecule has 1 aromatic heterocycles. The lowest BCUT2D eigenvalue weighted by molar-refractivity contribution is 0.204. The number of anilines is 1. The van der Waals surface area contributed by atoms with Crippen LogP contribution in [0.25, 0.3) is 0 Å². The van der Waals surface area contributed by atoms with Crippen molar-refractivity contribution >= 4 is 21.7 Å². The van der Waals surface area contributed by atoms with Crippen LogP contribution >= 0.6 is 15.9 Å². The van der Waals surface area contributed by atoms with Crippen molar-refractivity contribution < 1.29 is 5.11 Å². The van der Waals surface area contributed by atoms with Crippen LogP contribution in [0, 0.1) is 6.92 Å². The third-order valence-electron chi connectivity index (χ3n) is 3.34. The minimum absolute atomic E-state index is 0.246. The van der Waals surface area contributed by atoms with Gasteiger partial charge in [-0.2, -0.15) is 0 Å². The molecule has 1 aliphatic heterocycles. The Kier molecular flexibility index (Phi) is 4.97. The van der Waals surface area contributed by atoms with Gasteiger partial charge in [0.15, 0.2) is 0 Å². The predicted molar refractivity (Wildman–Crippen MR) is 77.0 cm³/mol. The molecule has 0 aliphatic carbocycles. The molecule has 0 bridgehead atoms. The lowest BCUT2D eigenvalue weighted by atomic mass is 10.3. The monoisotopic (exact) mass is 313 g/mol. The van der Waals surface area contributed by atoms with Crippen LogP contribution in [0.1, 0.15) is 12.1 Å². The maximum Gasteiger partial charge on any atom is 0.128 e. The molecule has 1 aromatic rings. The van der Waals surface area contributed by atoms with Gasteiger partial charge in [0.05, 0.1) is 12.3 Å². The highest BCUT2D eigenvalue weighted by Gasteiger charge is 2.15. The average Bonchev–Trinajstić information content (AvgIpc) is 2.59. The summed E-state index contributed by atoms with van der Waals surface area (Å²) in [5.41, 5.74) is 1.03. The van der Waals surface area contributed by atoms with E-state index in [0.29, 0.717) is 0 Å². The first-order valence-electron chi connectivity index (χ1n) is 6.42. The third kappa shape index (κ3) is 3.43. The zero-order valence-electron chi connectivity index (χ0n) is 10.8. The fourth-order valence-corrected chi connectivity index (χ4v) is 2.49. The summed E-state index contributed by atoms with van der Waals surface area (Å²) in [4.78, 5) is 9.26. The van der Waals surface area contributed by atoms with E-state index in [9.17, 15) is 0 Å². The molecule has 0 unspecified atom stereocenters. The molecule has 0 spiro atoms. The number of rotatable bonds is 3. The zero-order valence-corrected chi connectivity index (χ0v) is 12.4. The minimum Gasteiger partial charge on any atom is -0.395 e. The second-order valence-corrected chi connectivity index (χ2v) is 5.50. The molecule has 1 fully saturated rings. The van der Waals surface area contributed by atoms with Crippen LogP contribution < -0.4 is 4.90 Å². The number of hydrogen-bond acceptors (Lipinski definition) is 4. The largest absolute Gasteiger partial charge is 0.395 e. The van der Waals surface area contributed by atoms with Gasteiger partial charge in [0.25, 0.3) is 0 Å². The standard InChI is InChI=1S/C13H20BrN3O/c1-11-12(14)3-4-13(15-11)17-6-2-5-16(7-8-17)9-10-18/h3-4,18H,2,5-10H2,1H3. The van der Waals surface area contributed by atoms with Crippen LogP contribution in [-0.2, 0) is 0 Å². The van der Waals surface area contributed by atoms with Gasteiger partial charge >= 0.3 is 0 Å². The number of aliphatic hydroxyl groups excluding tert-OH is 1. The predicted octanol–water partition coefficient (Wildman–Crippen LogP) is 1.66. The first-order valence-corrected chi connectivity index (χ1v) is 7.21. The van der Waals surface area contributed by atoms with Crippen molar-refractivity contribution in [1.82, 2.24) is 9.88 Å². The van der Waals surface area contributed by atoms with Crippen LogP contribution in [-0.4, -0.2) is 54.3 Å². The fourth-order valence-electron chi connectivity index (χ4n) is 2.27. The van der Waals surface area contributed by atoms with Crippen LogP contribution in [0.5, 0.6) is 0 Å². The Morgan fingerprint density at radius 2 is 2.11 bits per heavy atom. The minimum atomic E-state index is 0.246. The lowest BCUT2D eigenvalue weighted by Crippen LogP contribution is -2.32. The normalized spacial score (nSPS) is 17.8. The second-order valence-electron chi connectivity index (χ2n) is 4.64. The molecule has 0 radical (unpaired) electrons. The highest BCUT2D eigenvalue weighted by Crippen LogP contribution is 2.20. The number of halogens is 1. The molecule has 0 aromatic carbocycles. The van der Waals surface area contributed by atoms with Gasteiger partial charge in [0, 0.05) is 30.7 Å². The molecular formula is C13H20BrN3O. The van der Waals surface area contributed by atoms with Gasteiger partial charge in [-0.3, -0.25) is 4.90 Å². The van der Waals surface area contributed by atoms with Crippen molar-refractivity contribution in [3.05, 3.63) is 22.3 Å². The summed E-state index contributed by atoms with van der Waals surface area (Å²) in [6.07, 6.45) is 1.12. The lowest BCUT2D eigenvalue weighted by Gasteiger charge is -2.22. The third-order valence-corrected chi connectivity index (χ3v) is 4.17. The first kappa shape index (κ1) is 13.8. The number of pyridine rings is 1. The van der Waals surface area contributed by atoms with E-state index in [1.807, 2.05) is 6.92 Å². The maximum atomic E-state index is 8.99. The van der Waals surface area contributed by atoms with E-state index in [4.69, 9.17) is 5.11 Å². The Labute approximate surface area is 117 Å². The summed E-state index contributed by atoms with van der Waals surface area (Å²) in [5.74, 6) is 1.06. The molecule has 5 heteroatoms. The highest BCUT2D eigenvalue weighted by molar-refractivity contribution is 9.10. The molecule has 1 aliphatic rings. The highest BCUT2D eigenvalue weighted by atomic mass is 79.9. The Bertz CT molecular complexity index is 400. The van der Waals surface area contributed by atoms with Gasteiger partial charge in [-0.1, -0.05) is 0 Å². The van der Waals surface area contributed by atoms with E-state index in [2.05, 4.69) is 42.8 Å². The van der Waals surface area contributed by atoms with Crippen LogP contribution in [0.15, 0.2) is 16.6 Å². The Morgan fingerprint density at radius 3 is 2.83 bits per heavy atom. The molecule has 0 saturated carbocycles. The topological polar surface area (TPSA) is 39.6 Å². The van der Waals surface area contributed by atoms with E-state index in [0.717, 1.165) is 55.1 Å². The van der Waals surface area contributed by atoms with Crippen molar-refractivity contribution in [3.8, 4) is 0 Å². The number of aliphatic hydroxyl groups is 1. The number of aryl methyl sites for hydroxylation is 1. The van der Waals surface area contributed by atoms with Crippen LogP contribution in [0.4, 0.5) is 5.82 Å². The van der Waals surface area contributed by atoms with Gasteiger partial charge < -0.3 is 10.0 Å². The maximum absolute atomic E-state index is 8.99. The van der Waals surface area contributed by atoms with Crippen LogP contribution in [0.3, 0.4) is 0 Å². The molecule has 100 valence electrons. The summed E-state index contributed by atoms with van der Waals surface area (Å²) in [6.45, 7) is 7.12. The Balaban J connectivity index is 2.02. The summed E-state index contributed by atoms with van der Waals surface area (Å²) in [5, 5.41) is 8.99. The van der Waals surface area contributed by atoms with Gasteiger partial charge in [0.1, 0.15) is 5.82 Å². The summed E-state index contributed by atoms with van der Waals surface area (Å²) in [6, 6.07) is 4.13. The van der Waals surface area contributed by atoms with E-state index in [1.165, 1.54) is 0 Å². The smallest absolute Gasteiger partial charge is 0.128 e. The SMILES string of the molecule is Cc1nc(N2CCCN(CCO)CC2)ccc1Br. The molecule has 0 atom stereocenters. The average molecular weight is 314 g/mol. The molecule has 18 heavy (non-hydrogen) atoms. The number of hydrogen-bond donors (Lipinski definition) is 1. The van der Waals surface area contributed by atoms with Crippen molar-refractivity contribution in [2.75, 3.05) is 44.2 Å².